The SMILES string of the molecule is C[C@@H]1C[C@H](C(=O)OC(C)(C)C)c2ccccc2N1. The molecule has 0 amide bonds. The quantitative estimate of drug-likeness (QED) is 0.774. The maximum absolute atomic E-state index is 12.3. The second-order valence-electron chi connectivity index (χ2n) is 5.95. The van der Waals surface area contributed by atoms with E-state index >= 15 is 0 Å². The molecule has 18 heavy (non-hydrogen) atoms. The predicted molar refractivity (Wildman–Crippen MR) is 72.7 cm³/mol. The molecule has 3 heteroatoms. The molecule has 1 heterocycles. The molecule has 1 aromatic rings. The Bertz CT molecular complexity index is 448. The largest absolute Gasteiger partial charge is 0.459 e. The van der Waals surface area contributed by atoms with Gasteiger partial charge in [-0.3, -0.25) is 4.79 Å². The lowest BCUT2D eigenvalue weighted by Gasteiger charge is -2.32. The molecule has 0 aliphatic carbocycles. The highest BCUT2D eigenvalue weighted by atomic mass is 16.6. The molecule has 0 saturated carbocycles. The van der Waals surface area contributed by atoms with Crippen molar-refractivity contribution in [1.82, 2.24) is 0 Å². The van der Waals surface area contributed by atoms with Crippen LogP contribution in [-0.4, -0.2) is 17.6 Å². The average molecular weight is 247 g/mol. The van der Waals surface area contributed by atoms with E-state index in [-0.39, 0.29) is 17.9 Å². The van der Waals surface area contributed by atoms with E-state index in [2.05, 4.69) is 12.2 Å². The zero-order valence-corrected chi connectivity index (χ0v) is 11.5. The van der Waals surface area contributed by atoms with Crippen molar-refractivity contribution in [3.63, 3.8) is 0 Å². The smallest absolute Gasteiger partial charge is 0.314 e. The van der Waals surface area contributed by atoms with Gasteiger partial charge in [-0.25, -0.2) is 0 Å². The normalized spacial score (nSPS) is 22.9. The Hall–Kier alpha value is -1.51. The van der Waals surface area contributed by atoms with E-state index in [0.29, 0.717) is 0 Å². The molecule has 2 rings (SSSR count). The third-order valence-corrected chi connectivity index (χ3v) is 3.02. The van der Waals surface area contributed by atoms with Crippen LogP contribution in [0.1, 0.15) is 45.6 Å². The van der Waals surface area contributed by atoms with Gasteiger partial charge in [0.25, 0.3) is 0 Å². The minimum absolute atomic E-state index is 0.122. The number of fused-ring (bicyclic) bond motifs is 1. The molecule has 1 N–H and O–H groups in total. The first-order chi connectivity index (χ1) is 8.37. The summed E-state index contributed by atoms with van der Waals surface area (Å²) in [4.78, 5) is 12.3. The average Bonchev–Trinajstić information content (AvgIpc) is 2.25. The van der Waals surface area contributed by atoms with E-state index < -0.39 is 5.60 Å². The molecule has 0 spiro atoms. The van der Waals surface area contributed by atoms with Crippen LogP contribution in [0.25, 0.3) is 0 Å². The number of rotatable bonds is 1. The fourth-order valence-corrected chi connectivity index (χ4v) is 2.33. The summed E-state index contributed by atoms with van der Waals surface area (Å²) in [5, 5.41) is 3.40. The number of anilines is 1. The summed E-state index contributed by atoms with van der Waals surface area (Å²) in [5.41, 5.74) is 1.66. The molecule has 1 aliphatic heterocycles. The van der Waals surface area contributed by atoms with Crippen LogP contribution in [-0.2, 0) is 9.53 Å². The third-order valence-electron chi connectivity index (χ3n) is 3.02. The molecule has 0 fully saturated rings. The summed E-state index contributed by atoms with van der Waals surface area (Å²) in [5.74, 6) is -0.278. The zero-order chi connectivity index (χ0) is 13.3. The summed E-state index contributed by atoms with van der Waals surface area (Å²) in [6.45, 7) is 7.80. The predicted octanol–water partition coefficient (Wildman–Crippen LogP) is 3.32. The van der Waals surface area contributed by atoms with Gasteiger partial charge >= 0.3 is 5.97 Å². The van der Waals surface area contributed by atoms with Crippen molar-refractivity contribution in [1.29, 1.82) is 0 Å². The minimum atomic E-state index is -0.430. The molecule has 0 bridgehead atoms. The first kappa shape index (κ1) is 12.9. The number of ether oxygens (including phenoxy) is 1. The molecule has 1 aromatic carbocycles. The van der Waals surface area contributed by atoms with Crippen LogP contribution in [0.4, 0.5) is 5.69 Å². The van der Waals surface area contributed by atoms with E-state index in [4.69, 9.17) is 4.74 Å². The molecule has 0 radical (unpaired) electrons. The first-order valence-electron chi connectivity index (χ1n) is 6.45. The lowest BCUT2D eigenvalue weighted by atomic mass is 9.87. The van der Waals surface area contributed by atoms with Crippen LogP contribution < -0.4 is 5.32 Å². The molecule has 2 atom stereocenters. The van der Waals surface area contributed by atoms with Gasteiger partial charge in [0.2, 0.25) is 0 Å². The van der Waals surface area contributed by atoms with Gasteiger partial charge in [-0.05, 0) is 45.7 Å². The van der Waals surface area contributed by atoms with E-state index in [9.17, 15) is 4.79 Å². The number of carbonyl (C=O) groups is 1. The standard InChI is InChI=1S/C15H21NO2/c1-10-9-12(14(17)18-15(2,3)4)11-7-5-6-8-13(11)16-10/h5-8,10,12,16H,9H2,1-4H3/t10-,12+/m1/s1. The van der Waals surface area contributed by atoms with E-state index in [1.807, 2.05) is 45.0 Å². The highest BCUT2D eigenvalue weighted by molar-refractivity contribution is 5.82. The fraction of sp³-hybridized carbons (Fsp3) is 0.533. The van der Waals surface area contributed by atoms with Crippen LogP contribution in [0, 0.1) is 0 Å². The van der Waals surface area contributed by atoms with E-state index in [1.54, 1.807) is 0 Å². The zero-order valence-electron chi connectivity index (χ0n) is 11.5. The maximum atomic E-state index is 12.3. The summed E-state index contributed by atoms with van der Waals surface area (Å²) in [6.07, 6.45) is 0.784. The van der Waals surface area contributed by atoms with Gasteiger partial charge in [0, 0.05) is 11.7 Å². The van der Waals surface area contributed by atoms with Crippen molar-refractivity contribution < 1.29 is 9.53 Å². The highest BCUT2D eigenvalue weighted by Gasteiger charge is 2.32. The molecule has 3 nitrogen and oxygen atoms in total. The molecule has 1 aliphatic rings. The lowest BCUT2D eigenvalue weighted by Crippen LogP contribution is -2.33. The number of benzene rings is 1. The Morgan fingerprint density at radius 3 is 2.67 bits per heavy atom. The van der Waals surface area contributed by atoms with Crippen molar-refractivity contribution in [2.24, 2.45) is 0 Å². The Kier molecular flexibility index (Phi) is 3.33. The number of carbonyl (C=O) groups excluding carboxylic acids is 1. The van der Waals surface area contributed by atoms with Crippen molar-refractivity contribution in [3.8, 4) is 0 Å². The maximum Gasteiger partial charge on any atom is 0.314 e. The third kappa shape index (κ3) is 2.84. The highest BCUT2D eigenvalue weighted by Crippen LogP contribution is 2.35. The lowest BCUT2D eigenvalue weighted by molar-refractivity contribution is -0.157. The van der Waals surface area contributed by atoms with Crippen LogP contribution in [0.2, 0.25) is 0 Å². The number of esters is 1. The first-order valence-corrected chi connectivity index (χ1v) is 6.45. The van der Waals surface area contributed by atoms with Gasteiger partial charge in [0.1, 0.15) is 5.60 Å². The van der Waals surface area contributed by atoms with Gasteiger partial charge in [0.15, 0.2) is 0 Å². The van der Waals surface area contributed by atoms with Crippen molar-refractivity contribution in [3.05, 3.63) is 29.8 Å². The Morgan fingerprint density at radius 2 is 2.00 bits per heavy atom. The van der Waals surface area contributed by atoms with Crippen LogP contribution in [0.3, 0.4) is 0 Å². The van der Waals surface area contributed by atoms with Gasteiger partial charge in [-0.2, -0.15) is 0 Å². The van der Waals surface area contributed by atoms with Crippen molar-refractivity contribution in [2.45, 2.75) is 51.7 Å². The van der Waals surface area contributed by atoms with E-state index in [0.717, 1.165) is 17.7 Å². The topological polar surface area (TPSA) is 38.3 Å². The minimum Gasteiger partial charge on any atom is -0.459 e. The fourth-order valence-electron chi connectivity index (χ4n) is 2.33. The van der Waals surface area contributed by atoms with Gasteiger partial charge < -0.3 is 10.1 Å². The van der Waals surface area contributed by atoms with Crippen LogP contribution in [0.5, 0.6) is 0 Å². The summed E-state index contributed by atoms with van der Waals surface area (Å²) >= 11 is 0. The number of nitrogens with one attached hydrogen (secondary N) is 1. The molecule has 0 saturated heterocycles. The van der Waals surface area contributed by atoms with Gasteiger partial charge in [-0.15, -0.1) is 0 Å². The Labute approximate surface area is 109 Å². The number of hydrogen-bond acceptors (Lipinski definition) is 3. The van der Waals surface area contributed by atoms with Crippen LogP contribution >= 0.6 is 0 Å². The molecule has 0 unspecified atom stereocenters. The van der Waals surface area contributed by atoms with Gasteiger partial charge in [-0.1, -0.05) is 18.2 Å². The Morgan fingerprint density at radius 1 is 1.33 bits per heavy atom. The second-order valence-corrected chi connectivity index (χ2v) is 5.95. The van der Waals surface area contributed by atoms with Crippen molar-refractivity contribution >= 4 is 11.7 Å². The molecular weight excluding hydrogens is 226 g/mol. The van der Waals surface area contributed by atoms with Crippen LogP contribution in [0.15, 0.2) is 24.3 Å². The molecule has 0 aromatic heterocycles. The second kappa shape index (κ2) is 4.63. The Balaban J connectivity index is 2.26. The van der Waals surface area contributed by atoms with Crippen molar-refractivity contribution in [2.75, 3.05) is 5.32 Å². The summed E-state index contributed by atoms with van der Waals surface area (Å²) in [7, 11) is 0. The molecule has 98 valence electrons. The monoisotopic (exact) mass is 247 g/mol. The van der Waals surface area contributed by atoms with Gasteiger partial charge in [0.05, 0.1) is 5.92 Å². The number of para-hydroxylation sites is 1. The number of hydrogen-bond donors (Lipinski definition) is 1. The summed E-state index contributed by atoms with van der Waals surface area (Å²) < 4.78 is 5.52. The molecular formula is C15H21NO2. The summed E-state index contributed by atoms with van der Waals surface area (Å²) in [6, 6.07) is 8.26. The van der Waals surface area contributed by atoms with E-state index in [1.165, 1.54) is 0 Å².